The molecule has 17 heavy (non-hydrogen) atoms. The van der Waals surface area contributed by atoms with Gasteiger partial charge in [0.1, 0.15) is 5.69 Å². The molecular weight excluding hydrogens is 284 g/mol. The van der Waals surface area contributed by atoms with Crippen molar-refractivity contribution in [1.29, 1.82) is 0 Å². The fourth-order valence-electron chi connectivity index (χ4n) is 2.21. The molecule has 2 heterocycles. The van der Waals surface area contributed by atoms with Gasteiger partial charge in [-0.2, -0.15) is 0 Å². The molecule has 0 saturated carbocycles. The number of aromatic amines is 1. The number of aromatic nitrogens is 2. The van der Waals surface area contributed by atoms with Gasteiger partial charge in [0.05, 0.1) is 16.6 Å². The second-order valence-electron chi connectivity index (χ2n) is 3.94. The molecule has 2 N–H and O–H groups in total. The number of hydrogen-bond acceptors (Lipinski definition) is 1. The summed E-state index contributed by atoms with van der Waals surface area (Å²) in [6.45, 7) is 0. The van der Waals surface area contributed by atoms with Crippen LogP contribution in [-0.2, 0) is 7.05 Å². The first-order valence-corrected chi connectivity index (χ1v) is 5.88. The van der Waals surface area contributed by atoms with E-state index in [0.717, 1.165) is 26.4 Å². The smallest absolute Gasteiger partial charge is 0.352 e. The van der Waals surface area contributed by atoms with Gasteiger partial charge in [0, 0.05) is 16.9 Å². The van der Waals surface area contributed by atoms with Gasteiger partial charge in [-0.05, 0) is 28.1 Å². The molecule has 5 heteroatoms. The molecule has 0 bridgehead atoms. The van der Waals surface area contributed by atoms with Crippen molar-refractivity contribution < 1.29 is 9.90 Å². The topological polar surface area (TPSA) is 58.0 Å². The number of nitrogens with zero attached hydrogens (tertiary/aromatic N) is 1. The number of carboxylic acid groups (broad SMARTS) is 1. The second kappa shape index (κ2) is 3.37. The summed E-state index contributed by atoms with van der Waals surface area (Å²) in [6.07, 6.45) is 0. The zero-order valence-corrected chi connectivity index (χ0v) is 10.6. The van der Waals surface area contributed by atoms with Gasteiger partial charge in [-0.25, -0.2) is 4.79 Å². The quantitative estimate of drug-likeness (QED) is 0.724. The van der Waals surface area contributed by atoms with E-state index in [1.165, 1.54) is 0 Å². The second-order valence-corrected chi connectivity index (χ2v) is 4.80. The minimum absolute atomic E-state index is 0.215. The minimum atomic E-state index is -0.940. The van der Waals surface area contributed by atoms with E-state index in [4.69, 9.17) is 5.11 Å². The molecule has 3 rings (SSSR count). The monoisotopic (exact) mass is 292 g/mol. The molecule has 0 atom stereocenters. The SMILES string of the molecule is Cn1c2cc(C(=O)O)[nH]c2c2cccc(Br)c21. The van der Waals surface area contributed by atoms with Gasteiger partial charge >= 0.3 is 5.97 Å². The number of para-hydroxylation sites is 1. The molecule has 2 aromatic heterocycles. The van der Waals surface area contributed by atoms with Crippen LogP contribution in [0.2, 0.25) is 0 Å². The molecule has 4 nitrogen and oxygen atoms in total. The number of fused-ring (bicyclic) bond motifs is 3. The normalized spacial score (nSPS) is 11.4. The van der Waals surface area contributed by atoms with Crippen LogP contribution in [0.25, 0.3) is 21.9 Å². The van der Waals surface area contributed by atoms with Crippen molar-refractivity contribution in [3.63, 3.8) is 0 Å². The summed E-state index contributed by atoms with van der Waals surface area (Å²) in [5.41, 5.74) is 3.03. The maximum atomic E-state index is 10.9. The summed E-state index contributed by atoms with van der Waals surface area (Å²) in [5, 5.41) is 9.99. The summed E-state index contributed by atoms with van der Waals surface area (Å²) in [5.74, 6) is -0.940. The molecular formula is C12H9BrN2O2. The van der Waals surface area contributed by atoms with Crippen LogP contribution in [0.4, 0.5) is 0 Å². The van der Waals surface area contributed by atoms with Crippen LogP contribution in [0.3, 0.4) is 0 Å². The summed E-state index contributed by atoms with van der Waals surface area (Å²) < 4.78 is 2.98. The maximum Gasteiger partial charge on any atom is 0.352 e. The average molecular weight is 293 g/mol. The van der Waals surface area contributed by atoms with Crippen molar-refractivity contribution in [2.45, 2.75) is 0 Å². The molecule has 0 aliphatic heterocycles. The molecule has 0 saturated heterocycles. The molecule has 0 unspecified atom stereocenters. The van der Waals surface area contributed by atoms with E-state index in [1.54, 1.807) is 6.07 Å². The van der Waals surface area contributed by atoms with E-state index in [9.17, 15) is 4.79 Å². The van der Waals surface area contributed by atoms with Gasteiger partial charge in [0.15, 0.2) is 0 Å². The third-order valence-electron chi connectivity index (χ3n) is 2.98. The number of carboxylic acids is 1. The van der Waals surface area contributed by atoms with Gasteiger partial charge in [0.2, 0.25) is 0 Å². The highest BCUT2D eigenvalue weighted by Gasteiger charge is 2.15. The molecule has 0 aliphatic carbocycles. The lowest BCUT2D eigenvalue weighted by Crippen LogP contribution is -1.95. The molecule has 0 amide bonds. The number of rotatable bonds is 1. The third-order valence-corrected chi connectivity index (χ3v) is 3.62. The van der Waals surface area contributed by atoms with E-state index in [-0.39, 0.29) is 5.69 Å². The molecule has 1 aromatic carbocycles. The fourth-order valence-corrected chi connectivity index (χ4v) is 2.84. The summed E-state index contributed by atoms with van der Waals surface area (Å²) in [4.78, 5) is 13.9. The zero-order chi connectivity index (χ0) is 12.2. The van der Waals surface area contributed by atoms with Crippen LogP contribution in [0.1, 0.15) is 10.5 Å². The minimum Gasteiger partial charge on any atom is -0.477 e. The summed E-state index contributed by atoms with van der Waals surface area (Å²) in [6, 6.07) is 7.54. The van der Waals surface area contributed by atoms with Gasteiger partial charge in [0.25, 0.3) is 0 Å². The number of carbonyl (C=O) groups is 1. The van der Waals surface area contributed by atoms with E-state index >= 15 is 0 Å². The van der Waals surface area contributed by atoms with Gasteiger partial charge in [-0.3, -0.25) is 0 Å². The summed E-state index contributed by atoms with van der Waals surface area (Å²) >= 11 is 3.51. The number of aromatic carboxylic acids is 1. The summed E-state index contributed by atoms with van der Waals surface area (Å²) in [7, 11) is 1.93. The average Bonchev–Trinajstić information content (AvgIpc) is 2.81. The first kappa shape index (κ1) is 10.4. The van der Waals surface area contributed by atoms with Crippen molar-refractivity contribution >= 4 is 43.8 Å². The number of nitrogens with one attached hydrogen (secondary N) is 1. The first-order chi connectivity index (χ1) is 8.09. The lowest BCUT2D eigenvalue weighted by Gasteiger charge is -1.99. The highest BCUT2D eigenvalue weighted by atomic mass is 79.9. The molecule has 0 aliphatic rings. The van der Waals surface area contributed by atoms with E-state index < -0.39 is 5.97 Å². The maximum absolute atomic E-state index is 10.9. The van der Waals surface area contributed by atoms with E-state index in [0.29, 0.717) is 0 Å². The van der Waals surface area contributed by atoms with Gasteiger partial charge in [-0.1, -0.05) is 12.1 Å². The number of hydrogen-bond donors (Lipinski definition) is 2. The van der Waals surface area contributed by atoms with Crippen LogP contribution in [0.15, 0.2) is 28.7 Å². The van der Waals surface area contributed by atoms with Crippen LogP contribution >= 0.6 is 15.9 Å². The lowest BCUT2D eigenvalue weighted by molar-refractivity contribution is 0.0691. The predicted molar refractivity (Wildman–Crippen MR) is 69.4 cm³/mol. The molecule has 0 fully saturated rings. The number of benzene rings is 1. The Bertz CT molecular complexity index is 755. The Hall–Kier alpha value is -1.75. The highest BCUT2D eigenvalue weighted by Crippen LogP contribution is 2.32. The van der Waals surface area contributed by atoms with Crippen LogP contribution < -0.4 is 0 Å². The molecule has 0 radical (unpaired) electrons. The lowest BCUT2D eigenvalue weighted by atomic mass is 10.2. The Morgan fingerprint density at radius 3 is 2.94 bits per heavy atom. The van der Waals surface area contributed by atoms with E-state index in [2.05, 4.69) is 20.9 Å². The van der Waals surface area contributed by atoms with Crippen molar-refractivity contribution in [2.75, 3.05) is 0 Å². The van der Waals surface area contributed by atoms with Crippen molar-refractivity contribution in [3.05, 3.63) is 34.4 Å². The Labute approximate surface area is 105 Å². The van der Waals surface area contributed by atoms with E-state index in [1.807, 2.05) is 29.8 Å². The third kappa shape index (κ3) is 1.32. The first-order valence-electron chi connectivity index (χ1n) is 5.08. The number of halogens is 1. The fraction of sp³-hybridized carbons (Fsp3) is 0.0833. The highest BCUT2D eigenvalue weighted by molar-refractivity contribution is 9.10. The molecule has 86 valence electrons. The zero-order valence-electron chi connectivity index (χ0n) is 8.99. The van der Waals surface area contributed by atoms with Crippen LogP contribution in [0, 0.1) is 0 Å². The van der Waals surface area contributed by atoms with Crippen molar-refractivity contribution in [1.82, 2.24) is 9.55 Å². The Morgan fingerprint density at radius 2 is 2.24 bits per heavy atom. The Kier molecular flexibility index (Phi) is 2.06. The predicted octanol–water partition coefficient (Wildman–Crippen LogP) is 3.12. The Morgan fingerprint density at radius 1 is 1.47 bits per heavy atom. The van der Waals surface area contributed by atoms with Crippen LogP contribution in [-0.4, -0.2) is 20.6 Å². The Balaban J connectivity index is 2.51. The van der Waals surface area contributed by atoms with Gasteiger partial charge < -0.3 is 14.7 Å². The molecule has 0 spiro atoms. The van der Waals surface area contributed by atoms with Crippen molar-refractivity contribution in [3.8, 4) is 0 Å². The van der Waals surface area contributed by atoms with Gasteiger partial charge in [-0.15, -0.1) is 0 Å². The van der Waals surface area contributed by atoms with Crippen LogP contribution in [0.5, 0.6) is 0 Å². The number of aryl methyl sites for hydroxylation is 1. The number of H-pyrrole nitrogens is 1. The van der Waals surface area contributed by atoms with Crippen molar-refractivity contribution in [2.24, 2.45) is 7.05 Å². The largest absolute Gasteiger partial charge is 0.477 e. The molecule has 3 aromatic rings. The standard InChI is InChI=1S/C12H9BrN2O2/c1-15-9-5-8(12(16)17)14-10(9)6-3-2-4-7(13)11(6)15/h2-5,14H,1H3,(H,16,17).